The van der Waals surface area contributed by atoms with E-state index in [1.54, 1.807) is 0 Å². The Bertz CT molecular complexity index is 341. The van der Waals surface area contributed by atoms with Crippen molar-refractivity contribution >= 4 is 15.9 Å². The smallest absolute Gasteiger partial charge is 0.124 e. The van der Waals surface area contributed by atoms with Gasteiger partial charge in [-0.15, -0.1) is 0 Å². The second-order valence-electron chi connectivity index (χ2n) is 4.51. The molecule has 0 aromatic heterocycles. The molecule has 1 nitrogen and oxygen atoms in total. The van der Waals surface area contributed by atoms with Crippen LogP contribution in [-0.4, -0.2) is 6.04 Å². The van der Waals surface area contributed by atoms with Crippen molar-refractivity contribution < 1.29 is 4.39 Å². The van der Waals surface area contributed by atoms with Crippen LogP contribution in [-0.2, 0) is 6.54 Å². The molecule has 3 heteroatoms. The molecule has 0 aliphatic rings. The van der Waals surface area contributed by atoms with Crippen molar-refractivity contribution in [1.29, 1.82) is 0 Å². The predicted molar refractivity (Wildman–Crippen MR) is 74.5 cm³/mol. The molecule has 0 spiro atoms. The van der Waals surface area contributed by atoms with E-state index in [1.807, 2.05) is 6.07 Å². The first-order valence-electron chi connectivity index (χ1n) is 6.30. The number of halogens is 2. The fourth-order valence-corrected chi connectivity index (χ4v) is 2.24. The lowest BCUT2D eigenvalue weighted by molar-refractivity contribution is 0.486. The van der Waals surface area contributed by atoms with Gasteiger partial charge >= 0.3 is 0 Å². The molecule has 0 radical (unpaired) electrons. The molecule has 0 aliphatic heterocycles. The second-order valence-corrected chi connectivity index (χ2v) is 5.37. The highest BCUT2D eigenvalue weighted by Gasteiger charge is 2.04. The Morgan fingerprint density at radius 3 is 2.76 bits per heavy atom. The standard InChI is InChI=1S/C14H21BrFN/c1-3-4-5-6-11(2)17-10-12-7-8-13(16)9-14(12)15/h7-9,11,17H,3-6,10H2,1-2H3. The van der Waals surface area contributed by atoms with E-state index in [4.69, 9.17) is 0 Å². The minimum atomic E-state index is -0.198. The van der Waals surface area contributed by atoms with Gasteiger partial charge in [0, 0.05) is 17.1 Å². The van der Waals surface area contributed by atoms with E-state index in [2.05, 4.69) is 35.1 Å². The Morgan fingerprint density at radius 1 is 1.35 bits per heavy atom. The van der Waals surface area contributed by atoms with Gasteiger partial charge in [0.15, 0.2) is 0 Å². The summed E-state index contributed by atoms with van der Waals surface area (Å²) < 4.78 is 13.7. The lowest BCUT2D eigenvalue weighted by Crippen LogP contribution is -2.25. The van der Waals surface area contributed by atoms with Crippen molar-refractivity contribution in [3.05, 3.63) is 34.1 Å². The van der Waals surface area contributed by atoms with Crippen LogP contribution < -0.4 is 5.32 Å². The second kappa shape index (κ2) is 7.83. The van der Waals surface area contributed by atoms with Crippen molar-refractivity contribution in [2.24, 2.45) is 0 Å². The van der Waals surface area contributed by atoms with Gasteiger partial charge in [-0.25, -0.2) is 4.39 Å². The number of nitrogens with one attached hydrogen (secondary N) is 1. The van der Waals surface area contributed by atoms with Crippen LogP contribution in [0.25, 0.3) is 0 Å². The Morgan fingerprint density at radius 2 is 2.12 bits per heavy atom. The number of benzene rings is 1. The highest BCUT2D eigenvalue weighted by molar-refractivity contribution is 9.10. The summed E-state index contributed by atoms with van der Waals surface area (Å²) in [4.78, 5) is 0. The predicted octanol–water partition coefficient (Wildman–Crippen LogP) is 4.65. The minimum Gasteiger partial charge on any atom is -0.310 e. The summed E-state index contributed by atoms with van der Waals surface area (Å²) >= 11 is 3.38. The molecule has 1 aromatic carbocycles. The highest BCUT2D eigenvalue weighted by Crippen LogP contribution is 2.18. The first-order chi connectivity index (χ1) is 8.13. The monoisotopic (exact) mass is 301 g/mol. The third-order valence-corrected chi connectivity index (χ3v) is 3.63. The normalized spacial score (nSPS) is 12.7. The molecule has 0 saturated heterocycles. The third kappa shape index (κ3) is 5.64. The molecule has 1 aromatic rings. The quantitative estimate of drug-likeness (QED) is 0.723. The molecule has 0 saturated carbocycles. The molecular weight excluding hydrogens is 281 g/mol. The molecule has 0 heterocycles. The topological polar surface area (TPSA) is 12.0 Å². The largest absolute Gasteiger partial charge is 0.310 e. The number of unbranched alkanes of at least 4 members (excludes halogenated alkanes) is 2. The van der Waals surface area contributed by atoms with Crippen LogP contribution in [0.4, 0.5) is 4.39 Å². The van der Waals surface area contributed by atoms with Crippen LogP contribution in [0, 0.1) is 5.82 Å². The van der Waals surface area contributed by atoms with Crippen molar-refractivity contribution in [1.82, 2.24) is 5.32 Å². The zero-order valence-electron chi connectivity index (χ0n) is 10.6. The first-order valence-corrected chi connectivity index (χ1v) is 7.10. The summed E-state index contributed by atoms with van der Waals surface area (Å²) in [6.07, 6.45) is 5.03. The third-order valence-electron chi connectivity index (χ3n) is 2.90. The SMILES string of the molecule is CCCCCC(C)NCc1ccc(F)cc1Br. The molecule has 1 unspecified atom stereocenters. The molecule has 1 N–H and O–H groups in total. The van der Waals surface area contributed by atoms with E-state index in [1.165, 1.54) is 37.8 Å². The number of hydrogen-bond donors (Lipinski definition) is 1. The van der Waals surface area contributed by atoms with E-state index >= 15 is 0 Å². The van der Waals surface area contributed by atoms with E-state index < -0.39 is 0 Å². The summed E-state index contributed by atoms with van der Waals surface area (Å²) in [5, 5.41) is 3.47. The van der Waals surface area contributed by atoms with Crippen LogP contribution in [0.2, 0.25) is 0 Å². The summed E-state index contributed by atoms with van der Waals surface area (Å²) in [6, 6.07) is 5.35. The Labute approximate surface area is 112 Å². The number of hydrogen-bond acceptors (Lipinski definition) is 1. The fourth-order valence-electron chi connectivity index (χ4n) is 1.75. The van der Waals surface area contributed by atoms with Crippen molar-refractivity contribution in [2.45, 2.75) is 52.1 Å². The molecule has 0 fully saturated rings. The Kier molecular flexibility index (Phi) is 6.75. The average molecular weight is 302 g/mol. The first kappa shape index (κ1) is 14.7. The molecule has 1 rings (SSSR count). The maximum absolute atomic E-state index is 12.9. The van der Waals surface area contributed by atoms with Crippen LogP contribution >= 0.6 is 15.9 Å². The van der Waals surface area contributed by atoms with E-state index in [9.17, 15) is 4.39 Å². The molecule has 0 amide bonds. The molecule has 17 heavy (non-hydrogen) atoms. The van der Waals surface area contributed by atoms with E-state index in [0.717, 1.165) is 16.6 Å². The van der Waals surface area contributed by atoms with Gasteiger partial charge in [0.25, 0.3) is 0 Å². The zero-order valence-corrected chi connectivity index (χ0v) is 12.2. The Balaban J connectivity index is 2.34. The summed E-state index contributed by atoms with van der Waals surface area (Å²) in [6.45, 7) is 5.20. The lowest BCUT2D eigenvalue weighted by Gasteiger charge is -2.14. The molecule has 1 atom stereocenters. The van der Waals surface area contributed by atoms with Crippen LogP contribution in [0.15, 0.2) is 22.7 Å². The average Bonchev–Trinajstić information content (AvgIpc) is 2.28. The number of rotatable bonds is 7. The zero-order chi connectivity index (χ0) is 12.7. The molecule has 0 aliphatic carbocycles. The maximum Gasteiger partial charge on any atom is 0.124 e. The summed E-state index contributed by atoms with van der Waals surface area (Å²) in [5.41, 5.74) is 1.11. The van der Waals surface area contributed by atoms with E-state index in [-0.39, 0.29) is 5.82 Å². The van der Waals surface area contributed by atoms with Gasteiger partial charge in [0.1, 0.15) is 5.82 Å². The molecule has 96 valence electrons. The van der Waals surface area contributed by atoms with Gasteiger partial charge in [-0.1, -0.05) is 48.2 Å². The van der Waals surface area contributed by atoms with Crippen molar-refractivity contribution in [2.75, 3.05) is 0 Å². The lowest BCUT2D eigenvalue weighted by atomic mass is 10.1. The molecular formula is C14H21BrFN. The maximum atomic E-state index is 12.9. The van der Waals surface area contributed by atoms with Gasteiger partial charge in [-0.3, -0.25) is 0 Å². The van der Waals surface area contributed by atoms with Gasteiger partial charge in [-0.2, -0.15) is 0 Å². The fraction of sp³-hybridized carbons (Fsp3) is 0.571. The molecule has 0 bridgehead atoms. The van der Waals surface area contributed by atoms with Crippen LogP contribution in [0.5, 0.6) is 0 Å². The van der Waals surface area contributed by atoms with Crippen molar-refractivity contribution in [3.8, 4) is 0 Å². The minimum absolute atomic E-state index is 0.198. The summed E-state index contributed by atoms with van der Waals surface area (Å²) in [7, 11) is 0. The van der Waals surface area contributed by atoms with Gasteiger partial charge in [0.2, 0.25) is 0 Å². The highest BCUT2D eigenvalue weighted by atomic mass is 79.9. The van der Waals surface area contributed by atoms with Gasteiger partial charge in [-0.05, 0) is 31.0 Å². The summed E-state index contributed by atoms with van der Waals surface area (Å²) in [5.74, 6) is -0.198. The van der Waals surface area contributed by atoms with Gasteiger partial charge < -0.3 is 5.32 Å². The van der Waals surface area contributed by atoms with Gasteiger partial charge in [0.05, 0.1) is 0 Å². The Hall–Kier alpha value is -0.410. The van der Waals surface area contributed by atoms with Crippen LogP contribution in [0.1, 0.15) is 45.1 Å². The van der Waals surface area contributed by atoms with Crippen molar-refractivity contribution in [3.63, 3.8) is 0 Å². The van der Waals surface area contributed by atoms with Crippen LogP contribution in [0.3, 0.4) is 0 Å². The van der Waals surface area contributed by atoms with E-state index in [0.29, 0.717) is 6.04 Å².